The minimum Gasteiger partial charge on any atom is -0.396 e. The molecule has 1 rings (SSSR count). The van der Waals surface area contributed by atoms with Crippen LogP contribution in [0.25, 0.3) is 0 Å². The predicted molar refractivity (Wildman–Crippen MR) is 78.1 cm³/mol. The number of sulfonamides is 1. The highest BCUT2D eigenvalue weighted by molar-refractivity contribution is 7.89. The van der Waals surface area contributed by atoms with Crippen LogP contribution in [0, 0.1) is 13.8 Å². The van der Waals surface area contributed by atoms with Gasteiger partial charge in [-0.15, -0.1) is 0 Å². The van der Waals surface area contributed by atoms with Crippen LogP contribution in [0.3, 0.4) is 0 Å². The minimum absolute atomic E-state index is 0.0652. The van der Waals surface area contributed by atoms with Gasteiger partial charge in [0.1, 0.15) is 4.90 Å². The standard InChI is InChI=1S/C13H25N3O3S/c1-4-5-6-8-14-20(18,19)13-11(2)15-16(12(13)3)9-7-10-17/h14,17H,4-10H2,1-3H3. The molecule has 0 radical (unpaired) electrons. The Hall–Kier alpha value is -0.920. The Morgan fingerprint density at radius 3 is 2.55 bits per heavy atom. The molecule has 0 aromatic carbocycles. The van der Waals surface area contributed by atoms with E-state index in [0.717, 1.165) is 19.3 Å². The van der Waals surface area contributed by atoms with Crippen LogP contribution in [-0.4, -0.2) is 36.5 Å². The molecule has 0 spiro atoms. The van der Waals surface area contributed by atoms with E-state index >= 15 is 0 Å². The number of nitrogens with zero attached hydrogens (tertiary/aromatic N) is 2. The van der Waals surface area contributed by atoms with Crippen LogP contribution in [0.15, 0.2) is 4.90 Å². The topological polar surface area (TPSA) is 84.2 Å². The van der Waals surface area contributed by atoms with Gasteiger partial charge in [-0.3, -0.25) is 4.68 Å². The first-order chi connectivity index (χ1) is 9.44. The van der Waals surface area contributed by atoms with Gasteiger partial charge < -0.3 is 5.11 Å². The van der Waals surface area contributed by atoms with Gasteiger partial charge in [-0.1, -0.05) is 19.8 Å². The van der Waals surface area contributed by atoms with Crippen molar-refractivity contribution in [1.29, 1.82) is 0 Å². The summed E-state index contributed by atoms with van der Waals surface area (Å²) in [5, 5.41) is 13.1. The van der Waals surface area contributed by atoms with Gasteiger partial charge in [-0.2, -0.15) is 5.10 Å². The maximum absolute atomic E-state index is 12.3. The minimum atomic E-state index is -3.50. The maximum Gasteiger partial charge on any atom is 0.244 e. The third kappa shape index (κ3) is 4.29. The van der Waals surface area contributed by atoms with Crippen molar-refractivity contribution < 1.29 is 13.5 Å². The summed E-state index contributed by atoms with van der Waals surface area (Å²) < 4.78 is 28.9. The number of aliphatic hydroxyl groups is 1. The molecule has 6 nitrogen and oxygen atoms in total. The van der Waals surface area contributed by atoms with Crippen LogP contribution in [0.2, 0.25) is 0 Å². The summed E-state index contributed by atoms with van der Waals surface area (Å²) in [7, 11) is -3.50. The number of aromatic nitrogens is 2. The van der Waals surface area contributed by atoms with Crippen molar-refractivity contribution in [3.63, 3.8) is 0 Å². The van der Waals surface area contributed by atoms with Crippen molar-refractivity contribution in [2.45, 2.75) is 57.9 Å². The first-order valence-corrected chi connectivity index (χ1v) is 8.57. The molecule has 0 unspecified atom stereocenters. The summed E-state index contributed by atoms with van der Waals surface area (Å²) in [5.41, 5.74) is 1.13. The summed E-state index contributed by atoms with van der Waals surface area (Å²) in [6.07, 6.45) is 3.47. The summed E-state index contributed by atoms with van der Waals surface area (Å²) >= 11 is 0. The van der Waals surface area contributed by atoms with E-state index in [0.29, 0.717) is 30.9 Å². The SMILES string of the molecule is CCCCCNS(=O)(=O)c1c(C)nn(CCCO)c1C. The molecule has 0 aliphatic rings. The maximum atomic E-state index is 12.3. The molecule has 0 aliphatic heterocycles. The number of rotatable bonds is 9. The molecule has 116 valence electrons. The zero-order valence-electron chi connectivity index (χ0n) is 12.5. The summed E-state index contributed by atoms with van der Waals surface area (Å²) in [5.74, 6) is 0. The average Bonchev–Trinajstić information content (AvgIpc) is 2.67. The molecular formula is C13H25N3O3S. The van der Waals surface area contributed by atoms with Gasteiger partial charge in [0.25, 0.3) is 0 Å². The lowest BCUT2D eigenvalue weighted by atomic mass is 10.3. The number of unbranched alkanes of at least 4 members (excludes halogenated alkanes) is 2. The lowest BCUT2D eigenvalue weighted by molar-refractivity contribution is 0.276. The summed E-state index contributed by atoms with van der Waals surface area (Å²) in [6.45, 7) is 6.57. The Morgan fingerprint density at radius 2 is 1.95 bits per heavy atom. The number of hydrogen-bond donors (Lipinski definition) is 2. The van der Waals surface area contributed by atoms with E-state index in [9.17, 15) is 8.42 Å². The normalized spacial score (nSPS) is 12.0. The third-order valence-electron chi connectivity index (χ3n) is 3.18. The van der Waals surface area contributed by atoms with Crippen molar-refractivity contribution in [3.05, 3.63) is 11.4 Å². The molecular weight excluding hydrogens is 278 g/mol. The molecule has 0 fully saturated rings. The Balaban J connectivity index is 2.86. The highest BCUT2D eigenvalue weighted by atomic mass is 32.2. The van der Waals surface area contributed by atoms with Gasteiger partial charge in [-0.05, 0) is 26.7 Å². The van der Waals surface area contributed by atoms with E-state index in [1.807, 2.05) is 0 Å². The number of aliphatic hydroxyl groups excluding tert-OH is 1. The van der Waals surface area contributed by atoms with Crippen LogP contribution >= 0.6 is 0 Å². The molecule has 0 atom stereocenters. The molecule has 0 aliphatic carbocycles. The predicted octanol–water partition coefficient (Wildman–Crippen LogP) is 1.35. The smallest absolute Gasteiger partial charge is 0.244 e. The Morgan fingerprint density at radius 1 is 1.25 bits per heavy atom. The van der Waals surface area contributed by atoms with E-state index in [1.165, 1.54) is 0 Å². The van der Waals surface area contributed by atoms with E-state index in [2.05, 4.69) is 16.7 Å². The Bertz CT molecular complexity index is 523. The van der Waals surface area contributed by atoms with Gasteiger partial charge in [-0.25, -0.2) is 13.1 Å². The Kier molecular flexibility index (Phi) is 6.64. The van der Waals surface area contributed by atoms with Crippen molar-refractivity contribution in [1.82, 2.24) is 14.5 Å². The van der Waals surface area contributed by atoms with Crippen molar-refractivity contribution >= 4 is 10.0 Å². The van der Waals surface area contributed by atoms with Crippen LogP contribution in [0.5, 0.6) is 0 Å². The second kappa shape index (κ2) is 7.75. The number of nitrogens with one attached hydrogen (secondary N) is 1. The lowest BCUT2D eigenvalue weighted by Crippen LogP contribution is -2.25. The molecule has 1 heterocycles. The van der Waals surface area contributed by atoms with Crippen LogP contribution < -0.4 is 4.72 Å². The fourth-order valence-corrected chi connectivity index (χ4v) is 3.64. The van der Waals surface area contributed by atoms with E-state index in [1.54, 1.807) is 18.5 Å². The summed E-state index contributed by atoms with van der Waals surface area (Å²) in [6, 6.07) is 0. The fraction of sp³-hybridized carbons (Fsp3) is 0.769. The Labute approximate surface area is 121 Å². The first-order valence-electron chi connectivity index (χ1n) is 7.08. The van der Waals surface area contributed by atoms with Gasteiger partial charge in [0, 0.05) is 19.7 Å². The third-order valence-corrected chi connectivity index (χ3v) is 4.90. The van der Waals surface area contributed by atoms with E-state index in [-0.39, 0.29) is 11.5 Å². The van der Waals surface area contributed by atoms with Gasteiger partial charge in [0.2, 0.25) is 10.0 Å². The lowest BCUT2D eigenvalue weighted by Gasteiger charge is -2.07. The number of hydrogen-bond acceptors (Lipinski definition) is 4. The first kappa shape index (κ1) is 17.1. The number of aryl methyl sites for hydroxylation is 2. The average molecular weight is 303 g/mol. The fourth-order valence-electron chi connectivity index (χ4n) is 2.16. The molecule has 0 saturated heterocycles. The molecule has 20 heavy (non-hydrogen) atoms. The van der Waals surface area contributed by atoms with Crippen LogP contribution in [0.1, 0.15) is 44.0 Å². The molecule has 0 saturated carbocycles. The van der Waals surface area contributed by atoms with Gasteiger partial charge >= 0.3 is 0 Å². The van der Waals surface area contributed by atoms with Crippen molar-refractivity contribution in [2.75, 3.05) is 13.2 Å². The second-order valence-corrected chi connectivity index (χ2v) is 6.61. The molecule has 0 bridgehead atoms. The molecule has 1 aromatic heterocycles. The largest absolute Gasteiger partial charge is 0.396 e. The molecule has 1 aromatic rings. The van der Waals surface area contributed by atoms with Crippen LogP contribution in [-0.2, 0) is 16.6 Å². The van der Waals surface area contributed by atoms with Crippen molar-refractivity contribution in [3.8, 4) is 0 Å². The molecule has 2 N–H and O–H groups in total. The molecule has 0 amide bonds. The summed E-state index contributed by atoms with van der Waals surface area (Å²) in [4.78, 5) is 0.270. The monoisotopic (exact) mass is 303 g/mol. The van der Waals surface area contributed by atoms with Crippen molar-refractivity contribution in [2.24, 2.45) is 0 Å². The zero-order chi connectivity index (χ0) is 15.2. The van der Waals surface area contributed by atoms with E-state index < -0.39 is 10.0 Å². The van der Waals surface area contributed by atoms with E-state index in [4.69, 9.17) is 5.11 Å². The van der Waals surface area contributed by atoms with Crippen LogP contribution in [0.4, 0.5) is 0 Å². The van der Waals surface area contributed by atoms with Gasteiger partial charge in [0.15, 0.2) is 0 Å². The quantitative estimate of drug-likeness (QED) is 0.674. The second-order valence-electron chi connectivity index (χ2n) is 4.91. The highest BCUT2D eigenvalue weighted by Gasteiger charge is 2.23. The zero-order valence-corrected chi connectivity index (χ0v) is 13.3. The van der Waals surface area contributed by atoms with Gasteiger partial charge in [0.05, 0.1) is 11.4 Å². The molecule has 7 heteroatoms. The highest BCUT2D eigenvalue weighted by Crippen LogP contribution is 2.19.